The van der Waals surface area contributed by atoms with Gasteiger partial charge in [0.1, 0.15) is 27.8 Å². The van der Waals surface area contributed by atoms with Crippen molar-refractivity contribution in [2.45, 2.75) is 63.2 Å². The van der Waals surface area contributed by atoms with Gasteiger partial charge in [0.2, 0.25) is 0 Å². The number of piperidine rings is 1. The Morgan fingerprint density at radius 1 is 1.17 bits per heavy atom. The van der Waals surface area contributed by atoms with E-state index in [1.807, 2.05) is 6.07 Å². The molecule has 1 spiro atoms. The minimum Gasteiger partial charge on any atom is -0.598 e. The summed E-state index contributed by atoms with van der Waals surface area (Å²) >= 11 is 10.9. The molecule has 0 radical (unpaired) electrons. The van der Waals surface area contributed by atoms with Crippen LogP contribution in [0.1, 0.15) is 46.5 Å². The summed E-state index contributed by atoms with van der Waals surface area (Å²) in [4.78, 5) is 11.3. The van der Waals surface area contributed by atoms with Gasteiger partial charge in [0.15, 0.2) is 5.65 Å². The summed E-state index contributed by atoms with van der Waals surface area (Å²) in [6.45, 7) is 6.47. The van der Waals surface area contributed by atoms with E-state index in [-0.39, 0.29) is 6.42 Å². The maximum absolute atomic E-state index is 14.9. The van der Waals surface area contributed by atoms with Crippen LogP contribution >= 0.6 is 23.2 Å². The molecule has 1 aromatic carbocycles. The lowest BCUT2D eigenvalue weighted by Crippen LogP contribution is -2.58. The molecule has 1 aliphatic carbocycles. The number of nitrogens with one attached hydrogen (secondary N) is 2. The molecule has 2 aromatic heterocycles. The number of rotatable bonds is 4. The van der Waals surface area contributed by atoms with E-state index in [4.69, 9.17) is 28.2 Å². The van der Waals surface area contributed by atoms with E-state index in [0.29, 0.717) is 70.6 Å². The zero-order valence-electron chi connectivity index (χ0n) is 20.2. The van der Waals surface area contributed by atoms with Gasteiger partial charge >= 0.3 is 0 Å². The van der Waals surface area contributed by atoms with Crippen molar-refractivity contribution in [1.82, 2.24) is 24.9 Å². The minimum atomic E-state index is -2.89. The second kappa shape index (κ2) is 9.23. The zero-order chi connectivity index (χ0) is 25.9. The van der Waals surface area contributed by atoms with Gasteiger partial charge in [0, 0.05) is 36.4 Å². The van der Waals surface area contributed by atoms with Gasteiger partial charge in [-0.15, -0.1) is 4.72 Å². The summed E-state index contributed by atoms with van der Waals surface area (Å²) in [6.07, 6.45) is 2.98. The van der Waals surface area contributed by atoms with Crippen LogP contribution in [-0.2, 0) is 11.4 Å². The van der Waals surface area contributed by atoms with Crippen molar-refractivity contribution in [3.8, 4) is 11.3 Å². The lowest BCUT2D eigenvalue weighted by Gasteiger charge is -2.44. The molecular formula is C24H28Cl2F2N6OS. The third-order valence-corrected chi connectivity index (χ3v) is 9.70. The highest BCUT2D eigenvalue weighted by Gasteiger charge is 2.61. The van der Waals surface area contributed by atoms with Gasteiger partial charge in [-0.2, -0.15) is 5.10 Å². The molecule has 1 saturated carbocycles. The van der Waals surface area contributed by atoms with Gasteiger partial charge in [0.05, 0.1) is 16.2 Å². The Kier molecular flexibility index (Phi) is 6.65. The molecule has 1 aliphatic heterocycles. The Hall–Kier alpha value is -1.72. The summed E-state index contributed by atoms with van der Waals surface area (Å²) < 4.78 is 44.7. The van der Waals surface area contributed by atoms with E-state index in [1.165, 1.54) is 0 Å². The molecule has 2 atom stereocenters. The smallest absolute Gasteiger partial charge is 0.268 e. The quantitative estimate of drug-likeness (QED) is 0.396. The first-order chi connectivity index (χ1) is 16.9. The average molecular weight is 557 g/mol. The molecule has 2 aliphatic rings. The van der Waals surface area contributed by atoms with Crippen LogP contribution in [0.2, 0.25) is 10.0 Å². The summed E-state index contributed by atoms with van der Waals surface area (Å²) in [7, 11) is 0. The van der Waals surface area contributed by atoms with E-state index in [1.54, 1.807) is 39.1 Å². The fourth-order valence-corrected chi connectivity index (χ4v) is 6.57. The van der Waals surface area contributed by atoms with Crippen LogP contribution in [0.5, 0.6) is 0 Å². The number of fused-ring (bicyclic) bond motifs is 1. The van der Waals surface area contributed by atoms with Gasteiger partial charge in [-0.1, -0.05) is 35.3 Å². The molecule has 36 heavy (non-hydrogen) atoms. The molecule has 1 saturated heterocycles. The number of nitrogens with zero attached hydrogens (tertiary/aromatic N) is 4. The average Bonchev–Trinajstić information content (AvgIpc) is 3.35. The molecule has 0 amide bonds. The van der Waals surface area contributed by atoms with Gasteiger partial charge in [0.25, 0.3) is 5.92 Å². The predicted octanol–water partition coefficient (Wildman–Crippen LogP) is 5.76. The van der Waals surface area contributed by atoms with Gasteiger partial charge in [-0.25, -0.2) is 18.7 Å². The second-order valence-corrected chi connectivity index (χ2v) is 13.4. The van der Waals surface area contributed by atoms with Crippen LogP contribution in [-0.4, -0.2) is 54.5 Å². The number of hydrogen-bond acceptors (Lipinski definition) is 6. The van der Waals surface area contributed by atoms with Crippen molar-refractivity contribution in [3.63, 3.8) is 0 Å². The van der Waals surface area contributed by atoms with Crippen molar-refractivity contribution in [1.29, 1.82) is 0 Å². The Balaban J connectivity index is 1.35. The third kappa shape index (κ3) is 4.55. The fourth-order valence-electron chi connectivity index (χ4n) is 5.19. The number of alkyl halides is 2. The Labute approximate surface area is 221 Å². The molecule has 12 heteroatoms. The Morgan fingerprint density at radius 2 is 1.89 bits per heavy atom. The zero-order valence-corrected chi connectivity index (χ0v) is 22.6. The number of halogens is 4. The third-order valence-electron chi connectivity index (χ3n) is 7.32. The first kappa shape index (κ1) is 25.9. The predicted molar refractivity (Wildman–Crippen MR) is 140 cm³/mol. The highest BCUT2D eigenvalue weighted by molar-refractivity contribution is 7.90. The molecule has 7 nitrogen and oxygen atoms in total. The molecule has 2 unspecified atom stereocenters. The molecule has 194 valence electrons. The fraction of sp³-hybridized carbons (Fsp3) is 0.542. The van der Waals surface area contributed by atoms with Crippen LogP contribution in [0.15, 0.2) is 24.4 Å². The Bertz CT molecular complexity index is 1280. The van der Waals surface area contributed by atoms with Crippen molar-refractivity contribution in [2.24, 2.45) is 5.41 Å². The summed E-state index contributed by atoms with van der Waals surface area (Å²) in [5.41, 5.74) is 1.68. The largest absolute Gasteiger partial charge is 0.598 e. The normalized spacial score (nSPS) is 22.4. The monoisotopic (exact) mass is 556 g/mol. The van der Waals surface area contributed by atoms with E-state index in [0.717, 1.165) is 0 Å². The van der Waals surface area contributed by atoms with Crippen molar-refractivity contribution in [3.05, 3.63) is 34.4 Å². The van der Waals surface area contributed by atoms with Crippen molar-refractivity contribution in [2.75, 3.05) is 18.0 Å². The van der Waals surface area contributed by atoms with E-state index in [9.17, 15) is 13.3 Å². The Morgan fingerprint density at radius 3 is 2.58 bits per heavy atom. The molecular weight excluding hydrogens is 529 g/mol. The standard InChI is InChI=1S/C24H28Cl2F2N6OS/c1-22(2,3)36(35)33-21-23(7-8-24(21,27)28)9-11-34(12-10-23)16-13-29-19-18(31-32-20(19)30-16)14-5-4-6-15(25)17(14)26/h4-6,13,21,33H,7-12H2,1-3H3,(H,30,31,32). The lowest BCUT2D eigenvalue weighted by atomic mass is 9.74. The number of H-pyrrole nitrogens is 1. The number of anilines is 1. The van der Waals surface area contributed by atoms with Gasteiger partial charge in [-0.05, 0) is 51.5 Å². The summed E-state index contributed by atoms with van der Waals surface area (Å²) in [5, 5.41) is 8.09. The number of aromatic amines is 1. The maximum atomic E-state index is 14.9. The second-order valence-electron chi connectivity index (χ2n) is 10.6. The van der Waals surface area contributed by atoms with Gasteiger partial charge in [-0.3, -0.25) is 5.10 Å². The molecule has 2 fully saturated rings. The number of benzene rings is 1. The maximum Gasteiger partial charge on any atom is 0.268 e. The van der Waals surface area contributed by atoms with Crippen molar-refractivity contribution >= 4 is 51.5 Å². The van der Waals surface area contributed by atoms with Crippen LogP contribution in [0, 0.1) is 5.41 Å². The van der Waals surface area contributed by atoms with Gasteiger partial charge < -0.3 is 9.45 Å². The van der Waals surface area contributed by atoms with E-state index in [2.05, 4.69) is 24.8 Å². The number of aromatic nitrogens is 4. The SMILES string of the molecule is CC(C)(C)[S+]([O-])NC1C(F)(F)CCC12CCN(c1cnc3c(-c4cccc(Cl)c4Cl)n[nH]c3n1)CC2. The molecule has 5 rings (SSSR count). The molecule has 3 aromatic rings. The van der Waals surface area contributed by atoms with Crippen LogP contribution in [0.4, 0.5) is 14.6 Å². The molecule has 0 bridgehead atoms. The van der Waals surface area contributed by atoms with E-state index < -0.39 is 33.5 Å². The van der Waals surface area contributed by atoms with E-state index >= 15 is 0 Å². The molecule has 2 N–H and O–H groups in total. The topological polar surface area (TPSA) is 92.8 Å². The first-order valence-electron chi connectivity index (χ1n) is 11.9. The summed E-state index contributed by atoms with van der Waals surface area (Å²) in [6, 6.07) is 4.20. The highest BCUT2D eigenvalue weighted by atomic mass is 35.5. The van der Waals surface area contributed by atoms with Crippen LogP contribution < -0.4 is 9.62 Å². The van der Waals surface area contributed by atoms with Crippen LogP contribution in [0.3, 0.4) is 0 Å². The van der Waals surface area contributed by atoms with Crippen molar-refractivity contribution < 1.29 is 13.3 Å². The lowest BCUT2D eigenvalue weighted by molar-refractivity contribution is -0.0344. The molecule has 3 heterocycles. The highest BCUT2D eigenvalue weighted by Crippen LogP contribution is 2.53. The first-order valence-corrected chi connectivity index (χ1v) is 13.8. The van der Waals surface area contributed by atoms with Crippen LogP contribution in [0.25, 0.3) is 22.4 Å². The summed E-state index contributed by atoms with van der Waals surface area (Å²) in [5.74, 6) is -2.24. The number of hydrogen-bond donors (Lipinski definition) is 2. The minimum absolute atomic E-state index is 0.194.